The number of aliphatic hydroxyl groups is 1. The third-order valence-corrected chi connectivity index (χ3v) is 7.82. The number of carbonyl (C=O) groups excluding carboxylic acids is 2. The SMILES string of the molecule is O=C(C1=C(O)C(=O)N(c2nc3ccc(F)cc3s2)C1c1cccc(Oc2ccccc2)c1)c1cc2ccccc2o1. The van der Waals surface area contributed by atoms with Gasteiger partial charge in [0.25, 0.3) is 5.91 Å². The standard InChI is InChI=1S/C32H19FN2O5S/c33-20-13-14-23-26(17-20)41-32(34-23)35-28(19-8-6-11-22(15-19)39-21-9-2-1-3-10-21)27(30(37)31(35)38)29(36)25-16-18-7-4-5-12-24(18)40-25/h1-17,28,37H. The first-order chi connectivity index (χ1) is 20.0. The van der Waals surface area contributed by atoms with Crippen molar-refractivity contribution in [3.63, 3.8) is 0 Å². The first kappa shape index (κ1) is 24.7. The smallest absolute Gasteiger partial charge is 0.296 e. The van der Waals surface area contributed by atoms with Crippen LogP contribution in [0, 0.1) is 5.82 Å². The molecule has 0 fully saturated rings. The second kappa shape index (κ2) is 9.72. The molecule has 0 saturated heterocycles. The average Bonchev–Trinajstić information content (AvgIpc) is 3.67. The van der Waals surface area contributed by atoms with Crippen molar-refractivity contribution in [1.29, 1.82) is 0 Å². The van der Waals surface area contributed by atoms with Crippen LogP contribution in [0.3, 0.4) is 0 Å². The lowest BCUT2D eigenvalue weighted by Crippen LogP contribution is -2.31. The van der Waals surface area contributed by atoms with Gasteiger partial charge in [0.2, 0.25) is 5.78 Å². The molecule has 0 saturated carbocycles. The minimum absolute atomic E-state index is 0.0181. The van der Waals surface area contributed by atoms with Gasteiger partial charge in [0.15, 0.2) is 16.7 Å². The Morgan fingerprint density at radius 2 is 1.71 bits per heavy atom. The highest BCUT2D eigenvalue weighted by Gasteiger charge is 2.46. The van der Waals surface area contributed by atoms with Crippen LogP contribution in [0.25, 0.3) is 21.2 Å². The van der Waals surface area contributed by atoms with Crippen molar-refractivity contribution in [3.05, 3.63) is 132 Å². The van der Waals surface area contributed by atoms with Gasteiger partial charge in [0.05, 0.1) is 21.8 Å². The molecule has 0 radical (unpaired) electrons. The van der Waals surface area contributed by atoms with Crippen molar-refractivity contribution in [2.24, 2.45) is 0 Å². The van der Waals surface area contributed by atoms with Gasteiger partial charge in [-0.2, -0.15) is 0 Å². The number of carbonyl (C=O) groups is 2. The minimum atomic E-state index is -1.06. The number of aliphatic hydroxyl groups excluding tert-OH is 1. The normalized spacial score (nSPS) is 15.3. The van der Waals surface area contributed by atoms with Crippen LogP contribution in [-0.2, 0) is 4.79 Å². The molecule has 200 valence electrons. The molecule has 1 atom stereocenters. The van der Waals surface area contributed by atoms with Crippen molar-refractivity contribution in [3.8, 4) is 11.5 Å². The van der Waals surface area contributed by atoms with E-state index in [-0.39, 0.29) is 16.5 Å². The first-order valence-corrected chi connectivity index (χ1v) is 13.5. The van der Waals surface area contributed by atoms with Crippen LogP contribution in [0.2, 0.25) is 0 Å². The highest BCUT2D eigenvalue weighted by molar-refractivity contribution is 7.22. The van der Waals surface area contributed by atoms with Gasteiger partial charge >= 0.3 is 0 Å². The van der Waals surface area contributed by atoms with Gasteiger partial charge in [-0.1, -0.05) is 59.9 Å². The summed E-state index contributed by atoms with van der Waals surface area (Å²) in [6.07, 6.45) is 0. The third kappa shape index (κ3) is 4.32. The number of nitrogens with zero attached hydrogens (tertiary/aromatic N) is 2. The summed E-state index contributed by atoms with van der Waals surface area (Å²) in [4.78, 5) is 33.4. The van der Waals surface area contributed by atoms with Crippen molar-refractivity contribution >= 4 is 49.3 Å². The fourth-order valence-electron chi connectivity index (χ4n) is 4.94. The number of fused-ring (bicyclic) bond motifs is 2. The fraction of sp³-hybridized carbons (Fsp3) is 0.0312. The van der Waals surface area contributed by atoms with Crippen molar-refractivity contribution in [2.45, 2.75) is 6.04 Å². The number of ketones is 1. The maximum atomic E-state index is 14.0. The molecular weight excluding hydrogens is 543 g/mol. The molecular formula is C32H19FN2O5S. The van der Waals surface area contributed by atoms with Crippen LogP contribution in [0.15, 0.2) is 119 Å². The van der Waals surface area contributed by atoms with Crippen LogP contribution in [0.4, 0.5) is 9.52 Å². The predicted molar refractivity (Wildman–Crippen MR) is 153 cm³/mol. The molecule has 1 N–H and O–H groups in total. The Morgan fingerprint density at radius 3 is 2.54 bits per heavy atom. The number of rotatable bonds is 6. The van der Waals surface area contributed by atoms with E-state index in [0.717, 1.165) is 11.3 Å². The van der Waals surface area contributed by atoms with Gasteiger partial charge in [0.1, 0.15) is 22.9 Å². The zero-order valence-electron chi connectivity index (χ0n) is 21.2. The molecule has 1 aliphatic rings. The molecule has 0 spiro atoms. The topological polar surface area (TPSA) is 92.9 Å². The summed E-state index contributed by atoms with van der Waals surface area (Å²) in [5, 5.41) is 12.1. The predicted octanol–water partition coefficient (Wildman–Crippen LogP) is 7.76. The van der Waals surface area contributed by atoms with E-state index in [0.29, 0.717) is 38.2 Å². The van der Waals surface area contributed by atoms with E-state index in [1.165, 1.54) is 23.1 Å². The number of anilines is 1. The Kier molecular flexibility index (Phi) is 5.87. The highest BCUT2D eigenvalue weighted by Crippen LogP contribution is 2.45. The summed E-state index contributed by atoms with van der Waals surface area (Å²) < 4.78 is 26.3. The summed E-state index contributed by atoms with van der Waals surface area (Å²) in [7, 11) is 0. The van der Waals surface area contributed by atoms with E-state index in [4.69, 9.17) is 9.15 Å². The second-order valence-electron chi connectivity index (χ2n) is 9.41. The zero-order chi connectivity index (χ0) is 28.1. The van der Waals surface area contributed by atoms with Crippen LogP contribution in [0.1, 0.15) is 22.2 Å². The zero-order valence-corrected chi connectivity index (χ0v) is 22.0. The van der Waals surface area contributed by atoms with Gasteiger partial charge in [-0.25, -0.2) is 9.37 Å². The average molecular weight is 563 g/mol. The number of thiazole rings is 1. The molecule has 0 bridgehead atoms. The van der Waals surface area contributed by atoms with Crippen molar-refractivity contribution in [2.75, 3.05) is 4.90 Å². The Bertz CT molecular complexity index is 1980. The number of hydrogen-bond donors (Lipinski definition) is 1. The fourth-order valence-corrected chi connectivity index (χ4v) is 5.96. The number of aromatic nitrogens is 1. The third-order valence-electron chi connectivity index (χ3n) is 6.80. The summed E-state index contributed by atoms with van der Waals surface area (Å²) in [6.45, 7) is 0. The molecule has 0 aliphatic carbocycles. The van der Waals surface area contributed by atoms with Crippen LogP contribution in [-0.4, -0.2) is 21.8 Å². The lowest BCUT2D eigenvalue weighted by Gasteiger charge is -2.24. The van der Waals surface area contributed by atoms with Gasteiger partial charge in [-0.15, -0.1) is 0 Å². The Hall–Kier alpha value is -5.28. The van der Waals surface area contributed by atoms with E-state index >= 15 is 0 Å². The lowest BCUT2D eigenvalue weighted by atomic mass is 9.95. The lowest BCUT2D eigenvalue weighted by molar-refractivity contribution is -0.117. The molecule has 41 heavy (non-hydrogen) atoms. The summed E-state index contributed by atoms with van der Waals surface area (Å²) in [5.41, 5.74) is 1.33. The number of para-hydroxylation sites is 2. The van der Waals surface area contributed by atoms with E-state index in [1.807, 2.05) is 24.3 Å². The molecule has 2 aromatic heterocycles. The van der Waals surface area contributed by atoms with E-state index in [9.17, 15) is 19.1 Å². The van der Waals surface area contributed by atoms with Gasteiger partial charge < -0.3 is 14.3 Å². The van der Waals surface area contributed by atoms with Crippen LogP contribution >= 0.6 is 11.3 Å². The number of benzene rings is 4. The van der Waals surface area contributed by atoms with Crippen molar-refractivity contribution < 1.29 is 28.2 Å². The molecule has 1 aliphatic heterocycles. The van der Waals surface area contributed by atoms with Crippen LogP contribution < -0.4 is 9.64 Å². The molecule has 7 rings (SSSR count). The Balaban J connectivity index is 1.36. The quantitative estimate of drug-likeness (QED) is 0.209. The Morgan fingerprint density at radius 1 is 0.927 bits per heavy atom. The molecule has 6 aromatic rings. The van der Waals surface area contributed by atoms with Crippen LogP contribution in [0.5, 0.6) is 11.5 Å². The number of hydrogen-bond acceptors (Lipinski definition) is 7. The molecule has 1 unspecified atom stereocenters. The van der Waals surface area contributed by atoms with Gasteiger partial charge in [-0.3, -0.25) is 14.5 Å². The summed E-state index contributed by atoms with van der Waals surface area (Å²) >= 11 is 1.08. The van der Waals surface area contributed by atoms with Crippen molar-refractivity contribution in [1.82, 2.24) is 4.98 Å². The monoisotopic (exact) mass is 562 g/mol. The summed E-state index contributed by atoms with van der Waals surface area (Å²) in [5.74, 6) is -1.53. The summed E-state index contributed by atoms with van der Waals surface area (Å²) in [6, 6.07) is 27.9. The number of ether oxygens (including phenoxy) is 1. The number of amides is 1. The minimum Gasteiger partial charge on any atom is -0.503 e. The van der Waals surface area contributed by atoms with E-state index in [1.54, 1.807) is 60.7 Å². The van der Waals surface area contributed by atoms with Gasteiger partial charge in [0, 0.05) is 5.39 Å². The second-order valence-corrected chi connectivity index (χ2v) is 10.4. The molecule has 4 aromatic carbocycles. The number of halogens is 1. The largest absolute Gasteiger partial charge is 0.503 e. The number of Topliss-reactive ketones (excluding diaryl/α,β-unsaturated/α-hetero) is 1. The Labute approximate surface area is 236 Å². The van der Waals surface area contributed by atoms with E-state index in [2.05, 4.69) is 4.98 Å². The maximum absolute atomic E-state index is 14.0. The molecule has 1 amide bonds. The number of furan rings is 1. The molecule has 9 heteroatoms. The highest BCUT2D eigenvalue weighted by atomic mass is 32.1. The van der Waals surface area contributed by atoms with Gasteiger partial charge in [-0.05, 0) is 60.2 Å². The molecule has 3 heterocycles. The first-order valence-electron chi connectivity index (χ1n) is 12.7. The van der Waals surface area contributed by atoms with E-state index < -0.39 is 29.3 Å². The maximum Gasteiger partial charge on any atom is 0.296 e. The molecule has 7 nitrogen and oxygen atoms in total.